The Labute approximate surface area is 135 Å². The Morgan fingerprint density at radius 1 is 1.57 bits per heavy atom. The molecule has 1 atom stereocenters. The highest BCUT2D eigenvalue weighted by molar-refractivity contribution is 6.00. The molecule has 0 aromatic heterocycles. The van der Waals surface area contributed by atoms with E-state index >= 15 is 0 Å². The summed E-state index contributed by atoms with van der Waals surface area (Å²) in [5.74, 6) is -0.488. The van der Waals surface area contributed by atoms with Crippen molar-refractivity contribution < 1.29 is 14.0 Å². The van der Waals surface area contributed by atoms with Gasteiger partial charge < -0.3 is 15.1 Å². The van der Waals surface area contributed by atoms with Crippen molar-refractivity contribution in [3.8, 4) is 0 Å². The third-order valence-electron chi connectivity index (χ3n) is 3.94. The number of hydrogen-bond acceptors (Lipinski definition) is 2. The molecule has 124 valence electrons. The number of nitrogens with one attached hydrogen (secondary N) is 1. The van der Waals surface area contributed by atoms with Gasteiger partial charge in [0.2, 0.25) is 5.91 Å². The minimum atomic E-state index is -0.562. The summed E-state index contributed by atoms with van der Waals surface area (Å²) < 4.78 is 13.2. The molecule has 1 aromatic carbocycles. The van der Waals surface area contributed by atoms with Crippen LogP contribution in [-0.2, 0) is 4.79 Å². The molecule has 0 bridgehead atoms. The van der Waals surface area contributed by atoms with Crippen molar-refractivity contribution in [3.05, 3.63) is 42.2 Å². The summed E-state index contributed by atoms with van der Waals surface area (Å²) in [7, 11) is 1.65. The van der Waals surface area contributed by atoms with Crippen molar-refractivity contribution in [1.29, 1.82) is 0 Å². The Morgan fingerprint density at radius 3 is 2.96 bits per heavy atom. The van der Waals surface area contributed by atoms with Crippen LogP contribution in [0.25, 0.3) is 0 Å². The Morgan fingerprint density at radius 2 is 2.30 bits per heavy atom. The molecule has 1 N–H and O–H groups in total. The lowest BCUT2D eigenvalue weighted by Gasteiger charge is -2.34. The van der Waals surface area contributed by atoms with E-state index in [1.807, 2.05) is 0 Å². The molecule has 1 fully saturated rings. The van der Waals surface area contributed by atoms with Crippen LogP contribution >= 0.6 is 0 Å². The van der Waals surface area contributed by atoms with Crippen molar-refractivity contribution in [1.82, 2.24) is 10.2 Å². The van der Waals surface area contributed by atoms with E-state index in [4.69, 9.17) is 0 Å². The van der Waals surface area contributed by atoms with Crippen LogP contribution in [0.3, 0.4) is 0 Å². The zero-order valence-electron chi connectivity index (χ0n) is 13.5. The first-order valence-electron chi connectivity index (χ1n) is 7.64. The smallest absolute Gasteiger partial charge is 0.318 e. The molecule has 1 unspecified atom stereocenters. The Hall–Kier alpha value is -2.37. The minimum absolute atomic E-state index is 0.161. The number of amides is 3. The quantitative estimate of drug-likeness (QED) is 0.867. The predicted octanol–water partition coefficient (Wildman–Crippen LogP) is 2.46. The normalized spacial score (nSPS) is 17.8. The maximum Gasteiger partial charge on any atom is 0.318 e. The molecule has 0 spiro atoms. The van der Waals surface area contributed by atoms with Gasteiger partial charge in [-0.2, -0.15) is 0 Å². The predicted molar refractivity (Wildman–Crippen MR) is 87.9 cm³/mol. The molecule has 2 rings (SSSR count). The number of benzene rings is 1. The zero-order chi connectivity index (χ0) is 17.0. The summed E-state index contributed by atoms with van der Waals surface area (Å²) in [6, 6.07) is 3.49. The van der Waals surface area contributed by atoms with Crippen LogP contribution < -0.4 is 10.2 Å². The van der Waals surface area contributed by atoms with Crippen molar-refractivity contribution in [2.24, 2.45) is 0 Å². The third-order valence-corrected chi connectivity index (χ3v) is 3.94. The van der Waals surface area contributed by atoms with E-state index in [0.717, 1.165) is 6.42 Å². The van der Waals surface area contributed by atoms with Gasteiger partial charge in [-0.15, -0.1) is 6.58 Å². The molecule has 6 heteroatoms. The summed E-state index contributed by atoms with van der Waals surface area (Å²) in [5.41, 5.74) is 1.39. The Bertz CT molecular complexity index is 618. The second-order valence-corrected chi connectivity index (χ2v) is 5.73. The molecule has 1 saturated heterocycles. The number of rotatable bonds is 4. The zero-order valence-corrected chi connectivity index (χ0v) is 13.5. The lowest BCUT2D eigenvalue weighted by Crippen LogP contribution is -2.54. The van der Waals surface area contributed by atoms with Crippen LogP contribution in [0.5, 0.6) is 0 Å². The first kappa shape index (κ1) is 17.0. The number of hydrogen-bond donors (Lipinski definition) is 1. The first-order chi connectivity index (χ1) is 10.9. The average molecular weight is 319 g/mol. The van der Waals surface area contributed by atoms with Gasteiger partial charge in [0.25, 0.3) is 0 Å². The van der Waals surface area contributed by atoms with E-state index in [1.54, 1.807) is 31.0 Å². The molecule has 5 nitrogen and oxygen atoms in total. The van der Waals surface area contributed by atoms with Gasteiger partial charge in [-0.25, -0.2) is 9.18 Å². The lowest BCUT2D eigenvalue weighted by molar-refractivity contribution is -0.121. The number of carbonyl (C=O) groups excluding carboxylic acids is 2. The highest BCUT2D eigenvalue weighted by Gasteiger charge is 2.31. The van der Waals surface area contributed by atoms with Crippen LogP contribution in [0.15, 0.2) is 30.9 Å². The Kier molecular flexibility index (Phi) is 5.36. The molecule has 1 heterocycles. The summed E-state index contributed by atoms with van der Waals surface area (Å²) in [6.45, 7) is 6.34. The van der Waals surface area contributed by atoms with E-state index in [1.165, 1.54) is 17.0 Å². The summed E-state index contributed by atoms with van der Waals surface area (Å²) in [6.07, 6.45) is 3.00. The SMILES string of the molecule is C=CCN(C)C(=O)NC1CCCN(c2ccc(F)cc2C)C1=O. The number of urea groups is 1. The van der Waals surface area contributed by atoms with E-state index in [2.05, 4.69) is 11.9 Å². The van der Waals surface area contributed by atoms with E-state index in [0.29, 0.717) is 30.8 Å². The van der Waals surface area contributed by atoms with Gasteiger partial charge >= 0.3 is 6.03 Å². The number of piperidine rings is 1. The monoisotopic (exact) mass is 319 g/mol. The lowest BCUT2D eigenvalue weighted by atomic mass is 10.0. The van der Waals surface area contributed by atoms with Gasteiger partial charge in [0, 0.05) is 25.8 Å². The van der Waals surface area contributed by atoms with Crippen LogP contribution in [0.4, 0.5) is 14.9 Å². The number of carbonyl (C=O) groups is 2. The average Bonchev–Trinajstić information content (AvgIpc) is 2.50. The topological polar surface area (TPSA) is 52.7 Å². The van der Waals surface area contributed by atoms with Gasteiger partial charge in [-0.05, 0) is 43.5 Å². The Balaban J connectivity index is 2.12. The van der Waals surface area contributed by atoms with Gasteiger partial charge in [-0.3, -0.25) is 4.79 Å². The molecular formula is C17H22FN3O2. The van der Waals surface area contributed by atoms with Crippen molar-refractivity contribution in [2.45, 2.75) is 25.8 Å². The molecule has 0 radical (unpaired) electrons. The fraction of sp³-hybridized carbons (Fsp3) is 0.412. The number of anilines is 1. The molecular weight excluding hydrogens is 297 g/mol. The standard InChI is InChI=1S/C17H22FN3O2/c1-4-9-20(3)17(23)19-14-6-5-10-21(16(14)22)15-8-7-13(18)11-12(15)2/h4,7-8,11,14H,1,5-6,9-10H2,2-3H3,(H,19,23). The fourth-order valence-electron chi connectivity index (χ4n) is 2.71. The molecule has 3 amide bonds. The largest absolute Gasteiger partial charge is 0.326 e. The van der Waals surface area contributed by atoms with Crippen LogP contribution in [-0.4, -0.2) is 43.0 Å². The molecule has 1 aliphatic heterocycles. The van der Waals surface area contributed by atoms with Gasteiger partial charge in [0.05, 0.1) is 0 Å². The molecule has 0 aliphatic carbocycles. The summed E-state index contributed by atoms with van der Waals surface area (Å²) >= 11 is 0. The van der Waals surface area contributed by atoms with E-state index in [-0.39, 0.29) is 17.8 Å². The van der Waals surface area contributed by atoms with Gasteiger partial charge in [0.1, 0.15) is 11.9 Å². The van der Waals surface area contributed by atoms with Crippen LogP contribution in [0.2, 0.25) is 0 Å². The fourth-order valence-corrected chi connectivity index (χ4v) is 2.71. The second-order valence-electron chi connectivity index (χ2n) is 5.73. The summed E-state index contributed by atoms with van der Waals surface area (Å²) in [5, 5.41) is 2.76. The van der Waals surface area contributed by atoms with Crippen molar-refractivity contribution in [3.63, 3.8) is 0 Å². The first-order valence-corrected chi connectivity index (χ1v) is 7.64. The van der Waals surface area contributed by atoms with E-state index < -0.39 is 6.04 Å². The molecule has 0 saturated carbocycles. The van der Waals surface area contributed by atoms with Crippen LogP contribution in [0, 0.1) is 12.7 Å². The number of likely N-dealkylation sites (N-methyl/N-ethyl adjacent to an activating group) is 1. The van der Waals surface area contributed by atoms with Crippen LogP contribution in [0.1, 0.15) is 18.4 Å². The highest BCUT2D eigenvalue weighted by atomic mass is 19.1. The van der Waals surface area contributed by atoms with Crippen molar-refractivity contribution in [2.75, 3.05) is 25.0 Å². The van der Waals surface area contributed by atoms with E-state index in [9.17, 15) is 14.0 Å². The van der Waals surface area contributed by atoms with Crippen molar-refractivity contribution >= 4 is 17.6 Å². The number of aryl methyl sites for hydroxylation is 1. The number of halogens is 1. The molecule has 1 aliphatic rings. The second kappa shape index (κ2) is 7.26. The van der Waals surface area contributed by atoms with Gasteiger partial charge in [-0.1, -0.05) is 6.08 Å². The highest BCUT2D eigenvalue weighted by Crippen LogP contribution is 2.25. The number of nitrogens with zero attached hydrogens (tertiary/aromatic N) is 2. The molecule has 1 aromatic rings. The maximum atomic E-state index is 13.2. The molecule has 23 heavy (non-hydrogen) atoms. The van der Waals surface area contributed by atoms with Gasteiger partial charge in [0.15, 0.2) is 0 Å². The third kappa shape index (κ3) is 3.88. The maximum absolute atomic E-state index is 13.2. The summed E-state index contributed by atoms with van der Waals surface area (Å²) in [4.78, 5) is 27.8. The minimum Gasteiger partial charge on any atom is -0.326 e.